The monoisotopic (exact) mass is 889 g/mol. The smallest absolute Gasteiger partial charge is 0.254 e. The summed E-state index contributed by atoms with van der Waals surface area (Å²) < 4.78 is 14.6. The number of nitrogens with one attached hydrogen (secondary N) is 2. The molecule has 3 fully saturated rings. The van der Waals surface area contributed by atoms with Gasteiger partial charge in [0.1, 0.15) is 29.9 Å². The molecule has 336 valence electrons. The third kappa shape index (κ3) is 8.93. The van der Waals surface area contributed by atoms with Gasteiger partial charge in [0.2, 0.25) is 11.8 Å². The molecule has 9 rings (SSSR count). The van der Waals surface area contributed by atoms with Crippen LogP contribution in [-0.4, -0.2) is 139 Å². The number of phenolic OH excluding ortho intramolecular Hbond substituents is 1. The minimum absolute atomic E-state index is 0.0544. The van der Waals surface area contributed by atoms with E-state index in [1.54, 1.807) is 29.5 Å². The van der Waals surface area contributed by atoms with Gasteiger partial charge in [-0.2, -0.15) is 0 Å². The van der Waals surface area contributed by atoms with Gasteiger partial charge in [-0.3, -0.25) is 14.5 Å². The molecule has 17 heteroatoms. The van der Waals surface area contributed by atoms with Gasteiger partial charge in [0.15, 0.2) is 30.4 Å². The average molecular weight is 890 g/mol. The maximum atomic E-state index is 14.3. The standard InChI is InChI=1S/C47H56N10O6S/c1-27(2)43(47(61)57-25-35(58)18-39(57)46(60)50-29(4)31-10-12-32(13-11-31)44-30(5)49-26-64-44)41-20-42(53-63-41)62-28(3)22-54-15-14-33(23-54)55-16-17-56-34(24-55)21-48-45-38(56)19-37(51-52-45)36-8-6-7-9-40(36)59/h6-13,19-20,26-29,34-35,39,43,58H,14-18,21-25H2,1-5H3,(H2-,48,50,51,52,59,60)/p+1/t28-,29-,34-,35+,39-,43+/m0/s1. The first-order chi connectivity index (χ1) is 30.9. The molecule has 4 N–H and O–H groups in total. The molecular weight excluding hydrogens is 833 g/mol. The van der Waals surface area contributed by atoms with Crippen molar-refractivity contribution in [1.29, 1.82) is 0 Å². The van der Waals surface area contributed by atoms with Crippen molar-refractivity contribution in [3.63, 3.8) is 0 Å². The second kappa shape index (κ2) is 18.3. The van der Waals surface area contributed by atoms with Gasteiger partial charge in [-0.25, -0.2) is 9.56 Å². The lowest BCUT2D eigenvalue weighted by Crippen LogP contribution is -2.56. The van der Waals surface area contributed by atoms with Crippen molar-refractivity contribution in [3.05, 3.63) is 83.2 Å². The van der Waals surface area contributed by atoms with Crippen molar-refractivity contribution < 1.29 is 33.6 Å². The number of carbonyl (C=O) groups excluding carboxylic acids is 2. The van der Waals surface area contributed by atoms with Gasteiger partial charge in [-0.15, -0.1) is 21.5 Å². The maximum absolute atomic E-state index is 14.3. The number of fused-ring (bicyclic) bond motifs is 3. The molecule has 2 amide bonds. The Morgan fingerprint density at radius 1 is 1.08 bits per heavy atom. The number of benzene rings is 2. The first kappa shape index (κ1) is 43.3. The molecule has 0 radical (unpaired) electrons. The molecule has 6 atom stereocenters. The summed E-state index contributed by atoms with van der Waals surface area (Å²) in [5, 5.41) is 40.8. The van der Waals surface area contributed by atoms with Crippen LogP contribution in [0.3, 0.4) is 0 Å². The van der Waals surface area contributed by atoms with Crippen LogP contribution < -0.4 is 20.3 Å². The van der Waals surface area contributed by atoms with Crippen LogP contribution in [0.1, 0.15) is 69.5 Å². The van der Waals surface area contributed by atoms with E-state index in [2.05, 4.69) is 45.3 Å². The van der Waals surface area contributed by atoms with Crippen LogP contribution in [0.2, 0.25) is 0 Å². The molecule has 16 nitrogen and oxygen atoms in total. The predicted molar refractivity (Wildman–Crippen MR) is 244 cm³/mol. The van der Waals surface area contributed by atoms with Crippen molar-refractivity contribution >= 4 is 40.4 Å². The number of β-amino-alcohol motifs (C(OH)–C–C–N with tert-alkyl or cyclic N) is 1. The third-order valence-electron chi connectivity index (χ3n) is 13.0. The highest BCUT2D eigenvalue weighted by Gasteiger charge is 2.44. The van der Waals surface area contributed by atoms with E-state index in [0.29, 0.717) is 29.4 Å². The Morgan fingerprint density at radius 3 is 2.66 bits per heavy atom. The van der Waals surface area contributed by atoms with Crippen molar-refractivity contribution in [1.82, 2.24) is 35.5 Å². The summed E-state index contributed by atoms with van der Waals surface area (Å²) in [6.45, 7) is 15.8. The highest BCUT2D eigenvalue weighted by atomic mass is 32.1. The number of aryl methyl sites for hydroxylation is 1. The Bertz CT molecular complexity index is 2520. The molecule has 5 aromatic rings. The normalized spacial score (nSPS) is 22.5. The minimum Gasteiger partial charge on any atom is -0.507 e. The van der Waals surface area contributed by atoms with Gasteiger partial charge >= 0.3 is 0 Å². The predicted octanol–water partition coefficient (Wildman–Crippen LogP) is 5.09. The van der Waals surface area contributed by atoms with E-state index >= 15 is 0 Å². The number of hydrogen-bond acceptors (Lipinski definition) is 14. The van der Waals surface area contributed by atoms with Crippen LogP contribution in [-0.2, 0) is 9.59 Å². The van der Waals surface area contributed by atoms with Crippen LogP contribution in [0.5, 0.6) is 11.6 Å². The highest BCUT2D eigenvalue weighted by Crippen LogP contribution is 2.37. The second-order valence-corrected chi connectivity index (χ2v) is 18.8. The molecule has 0 unspecified atom stereocenters. The summed E-state index contributed by atoms with van der Waals surface area (Å²) in [5.41, 5.74) is 8.57. The number of piperazine rings is 1. The topological polar surface area (TPSA) is 185 Å². The lowest BCUT2D eigenvalue weighted by molar-refractivity contribution is -0.536. The molecule has 0 bridgehead atoms. The molecule has 0 saturated carbocycles. The van der Waals surface area contributed by atoms with Gasteiger partial charge in [-0.05, 0) is 61.2 Å². The Labute approximate surface area is 377 Å². The number of nitrogens with zero attached hydrogens (tertiary/aromatic N) is 8. The summed E-state index contributed by atoms with van der Waals surface area (Å²) in [5.74, 6) is 0.125. The van der Waals surface area contributed by atoms with Crippen molar-refractivity contribution in [2.75, 3.05) is 62.6 Å². The summed E-state index contributed by atoms with van der Waals surface area (Å²) in [6.07, 6.45) is 0.118. The third-order valence-corrected chi connectivity index (χ3v) is 14.0. The molecule has 4 aliphatic heterocycles. The van der Waals surface area contributed by atoms with E-state index in [9.17, 15) is 19.8 Å². The Hall–Kier alpha value is -5.91. The number of anilines is 2. The van der Waals surface area contributed by atoms with Crippen LogP contribution in [0.15, 0.2) is 70.7 Å². The largest absolute Gasteiger partial charge is 0.507 e. The Balaban J connectivity index is 0.789. The SMILES string of the molecule is Cc1ncsc1-c1ccc([C@H](C)NC(=O)[C@@H]2C[C@@H](O)CN2C(=O)[C@@H](c2cc(O[C@@H](C)CN3CCC(=[N+]4CCN5c6cc(-c7ccccc7O)nnc6NC[C@H]5C4)C3)no2)C(C)C)cc1. The molecule has 4 aliphatic rings. The molecule has 0 aliphatic carbocycles. The zero-order chi connectivity index (χ0) is 44.6. The lowest BCUT2D eigenvalue weighted by Gasteiger charge is -2.40. The number of amides is 2. The van der Waals surface area contributed by atoms with Crippen molar-refractivity contribution in [3.8, 4) is 33.3 Å². The van der Waals surface area contributed by atoms with E-state index in [-0.39, 0.29) is 54.6 Å². The fourth-order valence-electron chi connectivity index (χ4n) is 9.71. The number of aliphatic hydroxyl groups is 1. The number of aliphatic hydroxyl groups excluding tert-OH is 1. The zero-order valence-electron chi connectivity index (χ0n) is 37.0. The summed E-state index contributed by atoms with van der Waals surface area (Å²) in [7, 11) is 0. The highest BCUT2D eigenvalue weighted by molar-refractivity contribution is 7.13. The van der Waals surface area contributed by atoms with Gasteiger partial charge in [0.05, 0.1) is 52.7 Å². The van der Waals surface area contributed by atoms with Crippen molar-refractivity contribution in [2.45, 2.75) is 83.7 Å². The Morgan fingerprint density at radius 2 is 1.89 bits per heavy atom. The van der Waals surface area contributed by atoms with E-state index in [4.69, 9.17) is 9.26 Å². The van der Waals surface area contributed by atoms with Gasteiger partial charge in [-0.1, -0.05) is 50.2 Å². The fraction of sp³-hybridized carbons (Fsp3) is 0.468. The quantitative estimate of drug-likeness (QED) is 0.122. The molecule has 3 saturated heterocycles. The average Bonchev–Trinajstić information content (AvgIpc) is 4.12. The summed E-state index contributed by atoms with van der Waals surface area (Å²) in [4.78, 5) is 39.8. The molecular formula is C47H57N10O6S+. The second-order valence-electron chi connectivity index (χ2n) is 17.9. The van der Waals surface area contributed by atoms with Gasteiger partial charge in [0.25, 0.3) is 5.88 Å². The number of para-hydroxylation sites is 1. The number of carbonyl (C=O) groups is 2. The number of hydrogen-bond donors (Lipinski definition) is 4. The number of aromatic hydroxyl groups is 1. The lowest BCUT2D eigenvalue weighted by atomic mass is 9.91. The Kier molecular flexibility index (Phi) is 12.4. The molecule has 7 heterocycles. The number of ether oxygens (including phenoxy) is 1. The molecule has 0 spiro atoms. The van der Waals surface area contributed by atoms with E-state index in [1.807, 2.05) is 82.6 Å². The number of phenols is 1. The van der Waals surface area contributed by atoms with E-state index in [0.717, 1.165) is 78.9 Å². The molecule has 64 heavy (non-hydrogen) atoms. The van der Waals surface area contributed by atoms with E-state index in [1.165, 1.54) is 10.6 Å². The number of rotatable bonds is 12. The van der Waals surface area contributed by atoms with Gasteiger partial charge < -0.3 is 39.9 Å². The van der Waals surface area contributed by atoms with Crippen LogP contribution in [0, 0.1) is 12.8 Å². The molecule has 2 aromatic carbocycles. The maximum Gasteiger partial charge on any atom is 0.254 e. The van der Waals surface area contributed by atoms with Crippen molar-refractivity contribution in [2.24, 2.45) is 5.92 Å². The zero-order valence-corrected chi connectivity index (χ0v) is 37.8. The fourth-order valence-corrected chi connectivity index (χ4v) is 10.5. The first-order valence-electron chi connectivity index (χ1n) is 22.3. The van der Waals surface area contributed by atoms with Crippen LogP contribution in [0.25, 0.3) is 21.7 Å². The van der Waals surface area contributed by atoms with E-state index < -0.39 is 18.1 Å². The summed E-state index contributed by atoms with van der Waals surface area (Å²) in [6, 6.07) is 18.1. The summed E-state index contributed by atoms with van der Waals surface area (Å²) >= 11 is 1.59. The minimum atomic E-state index is -0.828. The number of likely N-dealkylation sites (tertiary alicyclic amines) is 2. The van der Waals surface area contributed by atoms with Crippen LogP contribution in [0.4, 0.5) is 11.5 Å². The van der Waals surface area contributed by atoms with Gasteiger partial charge in [0, 0.05) is 50.7 Å². The number of aromatic nitrogens is 4. The first-order valence-corrected chi connectivity index (χ1v) is 23.2. The molecule has 3 aromatic heterocycles. The number of thiazole rings is 1. The van der Waals surface area contributed by atoms with Crippen LogP contribution >= 0.6 is 11.3 Å².